The molecule has 0 aliphatic carbocycles. The van der Waals surface area contributed by atoms with Gasteiger partial charge in [0.15, 0.2) is 0 Å². The summed E-state index contributed by atoms with van der Waals surface area (Å²) in [6, 6.07) is 0. The van der Waals surface area contributed by atoms with Crippen molar-refractivity contribution in [3.63, 3.8) is 0 Å². The van der Waals surface area contributed by atoms with Crippen LogP contribution in [0.25, 0.3) is 0 Å². The quantitative estimate of drug-likeness (QED) is 0.744. The van der Waals surface area contributed by atoms with Gasteiger partial charge in [0.25, 0.3) is 6.43 Å². The second-order valence-corrected chi connectivity index (χ2v) is 3.77. The van der Waals surface area contributed by atoms with Gasteiger partial charge >= 0.3 is 0 Å². The van der Waals surface area contributed by atoms with E-state index in [1.807, 2.05) is 12.3 Å². The van der Waals surface area contributed by atoms with Crippen LogP contribution in [0.15, 0.2) is 5.38 Å². The molecule has 5 heteroatoms. The molecule has 0 fully saturated rings. The Balaban J connectivity index is 2.13. The van der Waals surface area contributed by atoms with Gasteiger partial charge in [0.05, 0.1) is 17.2 Å². The van der Waals surface area contributed by atoms with E-state index in [-0.39, 0.29) is 6.54 Å². The molecular formula is C8H12F2N2S. The molecule has 74 valence electrons. The van der Waals surface area contributed by atoms with E-state index in [2.05, 4.69) is 10.3 Å². The Bertz CT molecular complexity index is 250. The molecule has 0 aliphatic heterocycles. The first-order valence-electron chi connectivity index (χ1n) is 4.08. The van der Waals surface area contributed by atoms with Gasteiger partial charge < -0.3 is 5.32 Å². The maximum Gasteiger partial charge on any atom is 0.250 e. The van der Waals surface area contributed by atoms with Crippen molar-refractivity contribution < 1.29 is 8.78 Å². The van der Waals surface area contributed by atoms with Crippen LogP contribution in [0.4, 0.5) is 8.78 Å². The second-order valence-electron chi connectivity index (χ2n) is 2.70. The average molecular weight is 206 g/mol. The molecule has 1 rings (SSSR count). The minimum absolute atomic E-state index is 0.233. The Morgan fingerprint density at radius 3 is 2.92 bits per heavy atom. The Morgan fingerprint density at radius 2 is 2.38 bits per heavy atom. The molecule has 0 aromatic carbocycles. The topological polar surface area (TPSA) is 24.9 Å². The minimum atomic E-state index is -2.27. The molecule has 1 heterocycles. The summed E-state index contributed by atoms with van der Waals surface area (Å²) in [6.45, 7) is 2.26. The van der Waals surface area contributed by atoms with Crippen LogP contribution in [-0.4, -0.2) is 24.5 Å². The van der Waals surface area contributed by atoms with Crippen molar-refractivity contribution in [1.29, 1.82) is 0 Å². The minimum Gasteiger partial charge on any atom is -0.311 e. The average Bonchev–Trinajstić information content (AvgIpc) is 2.45. The third kappa shape index (κ3) is 4.28. The number of nitrogens with one attached hydrogen (secondary N) is 1. The van der Waals surface area contributed by atoms with Crippen LogP contribution < -0.4 is 5.32 Å². The number of hydrogen-bond acceptors (Lipinski definition) is 3. The summed E-state index contributed by atoms with van der Waals surface area (Å²) < 4.78 is 23.4. The molecule has 0 amide bonds. The number of halogens is 2. The molecule has 0 aliphatic rings. The van der Waals surface area contributed by atoms with E-state index < -0.39 is 6.43 Å². The summed E-state index contributed by atoms with van der Waals surface area (Å²) in [4.78, 5) is 4.22. The molecule has 0 radical (unpaired) electrons. The lowest BCUT2D eigenvalue weighted by Gasteiger charge is -2.01. The van der Waals surface area contributed by atoms with Crippen LogP contribution in [0.3, 0.4) is 0 Å². The van der Waals surface area contributed by atoms with Crippen LogP contribution in [0, 0.1) is 6.92 Å². The summed E-state index contributed by atoms with van der Waals surface area (Å²) in [5.74, 6) is 0. The lowest BCUT2D eigenvalue weighted by molar-refractivity contribution is 0.146. The number of thiazole rings is 1. The predicted octanol–water partition coefficient (Wildman–Crippen LogP) is 1.85. The van der Waals surface area contributed by atoms with Gasteiger partial charge in [-0.1, -0.05) is 0 Å². The first-order chi connectivity index (χ1) is 6.18. The normalized spacial score (nSPS) is 11.1. The number of rotatable bonds is 5. The van der Waals surface area contributed by atoms with E-state index >= 15 is 0 Å². The number of aryl methyl sites for hydroxylation is 1. The van der Waals surface area contributed by atoms with Gasteiger partial charge in [-0.15, -0.1) is 11.3 Å². The maximum absolute atomic E-state index is 11.7. The molecule has 0 saturated carbocycles. The van der Waals surface area contributed by atoms with E-state index in [0.717, 1.165) is 17.1 Å². The largest absolute Gasteiger partial charge is 0.311 e. The van der Waals surface area contributed by atoms with Gasteiger partial charge in [0, 0.05) is 18.3 Å². The van der Waals surface area contributed by atoms with Gasteiger partial charge in [0.2, 0.25) is 0 Å². The third-order valence-corrected chi connectivity index (χ3v) is 2.35. The Hall–Kier alpha value is -0.550. The highest BCUT2D eigenvalue weighted by atomic mass is 32.1. The number of aromatic nitrogens is 1. The molecule has 0 bridgehead atoms. The van der Waals surface area contributed by atoms with Crippen LogP contribution in [0.1, 0.15) is 10.7 Å². The van der Waals surface area contributed by atoms with Crippen LogP contribution >= 0.6 is 11.3 Å². The fraction of sp³-hybridized carbons (Fsp3) is 0.625. The van der Waals surface area contributed by atoms with E-state index in [1.165, 1.54) is 0 Å². The van der Waals surface area contributed by atoms with Gasteiger partial charge in [-0.3, -0.25) is 0 Å². The first-order valence-corrected chi connectivity index (χ1v) is 4.96. The molecule has 1 N–H and O–H groups in total. The summed E-state index contributed by atoms with van der Waals surface area (Å²) in [5.41, 5.74) is 0.976. The predicted molar refractivity (Wildman–Crippen MR) is 49.4 cm³/mol. The zero-order valence-corrected chi connectivity index (χ0v) is 8.20. The van der Waals surface area contributed by atoms with E-state index in [1.54, 1.807) is 11.3 Å². The molecule has 0 saturated heterocycles. The molecule has 1 aromatic rings. The molecule has 0 spiro atoms. The molecule has 0 atom stereocenters. The molecule has 13 heavy (non-hydrogen) atoms. The van der Waals surface area contributed by atoms with Gasteiger partial charge in [-0.05, 0) is 6.92 Å². The van der Waals surface area contributed by atoms with Crippen LogP contribution in [-0.2, 0) is 6.42 Å². The molecular weight excluding hydrogens is 194 g/mol. The Kier molecular flexibility index (Phi) is 4.24. The highest BCUT2D eigenvalue weighted by Gasteiger charge is 2.01. The fourth-order valence-corrected chi connectivity index (χ4v) is 1.60. The molecule has 2 nitrogen and oxygen atoms in total. The van der Waals surface area contributed by atoms with Crippen molar-refractivity contribution in [2.24, 2.45) is 0 Å². The highest BCUT2D eigenvalue weighted by molar-refractivity contribution is 7.09. The van der Waals surface area contributed by atoms with Crippen molar-refractivity contribution in [3.8, 4) is 0 Å². The van der Waals surface area contributed by atoms with Crippen molar-refractivity contribution in [2.45, 2.75) is 19.8 Å². The standard InChI is InChI=1S/C8H12F2N2S/c1-6-12-7(5-13-6)2-3-11-4-8(9)10/h5,8,11H,2-4H2,1H3. The first kappa shape index (κ1) is 10.5. The zero-order chi connectivity index (χ0) is 9.68. The Morgan fingerprint density at radius 1 is 1.62 bits per heavy atom. The monoisotopic (exact) mass is 206 g/mol. The Labute approximate surface area is 80.0 Å². The third-order valence-electron chi connectivity index (χ3n) is 1.52. The number of alkyl halides is 2. The van der Waals surface area contributed by atoms with Gasteiger partial charge in [-0.25, -0.2) is 13.8 Å². The van der Waals surface area contributed by atoms with E-state index in [4.69, 9.17) is 0 Å². The van der Waals surface area contributed by atoms with Crippen molar-refractivity contribution >= 4 is 11.3 Å². The van der Waals surface area contributed by atoms with Crippen molar-refractivity contribution in [1.82, 2.24) is 10.3 Å². The maximum atomic E-state index is 11.7. The van der Waals surface area contributed by atoms with Crippen LogP contribution in [0.5, 0.6) is 0 Å². The summed E-state index contributed by atoms with van der Waals surface area (Å²) >= 11 is 1.58. The van der Waals surface area contributed by atoms with E-state index in [0.29, 0.717) is 6.54 Å². The molecule has 0 unspecified atom stereocenters. The van der Waals surface area contributed by atoms with Gasteiger partial charge in [-0.2, -0.15) is 0 Å². The van der Waals surface area contributed by atoms with E-state index in [9.17, 15) is 8.78 Å². The molecule has 1 aromatic heterocycles. The van der Waals surface area contributed by atoms with Crippen molar-refractivity contribution in [2.75, 3.05) is 13.1 Å². The summed E-state index contributed by atoms with van der Waals surface area (Å²) in [6.07, 6.45) is -1.55. The van der Waals surface area contributed by atoms with Crippen molar-refractivity contribution in [3.05, 3.63) is 16.1 Å². The fourth-order valence-electron chi connectivity index (χ4n) is 0.951. The van der Waals surface area contributed by atoms with Gasteiger partial charge in [0.1, 0.15) is 0 Å². The lowest BCUT2D eigenvalue weighted by Crippen LogP contribution is -2.23. The van der Waals surface area contributed by atoms with Crippen LogP contribution in [0.2, 0.25) is 0 Å². The number of hydrogen-bond donors (Lipinski definition) is 1. The summed E-state index contributed by atoms with van der Waals surface area (Å²) in [7, 11) is 0. The highest BCUT2D eigenvalue weighted by Crippen LogP contribution is 2.07. The lowest BCUT2D eigenvalue weighted by atomic mass is 10.3. The number of nitrogens with zero attached hydrogens (tertiary/aromatic N) is 1. The smallest absolute Gasteiger partial charge is 0.250 e. The second kappa shape index (κ2) is 5.24. The summed E-state index contributed by atoms with van der Waals surface area (Å²) in [5, 5.41) is 5.63. The zero-order valence-electron chi connectivity index (χ0n) is 7.39. The SMILES string of the molecule is Cc1nc(CCNCC(F)F)cs1.